The van der Waals surface area contributed by atoms with Crippen LogP contribution in [0.4, 0.5) is 10.5 Å². The number of carbonyl (C=O) groups is 2. The number of urea groups is 1. The van der Waals surface area contributed by atoms with Gasteiger partial charge in [0, 0.05) is 43.8 Å². The fraction of sp³-hybridized carbons (Fsp3) is 0.0952. The van der Waals surface area contributed by atoms with Crippen LogP contribution >= 0.6 is 0 Å². The summed E-state index contributed by atoms with van der Waals surface area (Å²) < 4.78 is 0. The minimum atomic E-state index is -0.613. The number of primary amides is 1. The molecule has 0 aliphatic heterocycles. The highest BCUT2D eigenvalue weighted by Crippen LogP contribution is 2.30. The number of anilines is 1. The lowest BCUT2D eigenvalue weighted by Gasteiger charge is -2.12. The van der Waals surface area contributed by atoms with Crippen molar-refractivity contribution in [3.8, 4) is 22.6 Å². The largest absolute Gasteiger partial charge is 0.365 e. The number of nitrogens with two attached hydrogens (primary N) is 1. The van der Waals surface area contributed by atoms with E-state index < -0.39 is 5.91 Å². The molecule has 0 unspecified atom stereocenters. The van der Waals surface area contributed by atoms with Gasteiger partial charge in [-0.3, -0.25) is 19.9 Å². The number of fused-ring (bicyclic) bond motifs is 2. The Kier molecular flexibility index (Phi) is 4.66. The summed E-state index contributed by atoms with van der Waals surface area (Å²) in [7, 11) is 3.32. The average Bonchev–Trinajstić information content (AvgIpc) is 3.42. The smallest absolute Gasteiger partial charge is 0.321 e. The normalized spacial score (nSPS) is 11.1. The fourth-order valence-corrected chi connectivity index (χ4v) is 3.37. The van der Waals surface area contributed by atoms with Crippen molar-refractivity contribution >= 4 is 39.7 Å². The Hall–Kier alpha value is -4.87. The minimum Gasteiger partial charge on any atom is -0.365 e. The lowest BCUT2D eigenvalue weighted by molar-refractivity contribution is 0.100. The van der Waals surface area contributed by atoms with E-state index in [0.29, 0.717) is 39.3 Å². The summed E-state index contributed by atoms with van der Waals surface area (Å²) in [4.78, 5) is 45.5. The van der Waals surface area contributed by atoms with Crippen LogP contribution in [0.1, 0.15) is 10.4 Å². The first-order valence-electron chi connectivity index (χ1n) is 9.82. The zero-order valence-electron chi connectivity index (χ0n) is 17.6. The number of carbonyl (C=O) groups excluding carboxylic acids is 2. The standard InChI is InChI=1S/C21H18N10O2/c1-31(2)21(33)26-12-3-10(5-23-7-12)11-4-13-17(29-30-19(13)25-6-11)20-27-15-9-24-8-14(18(22)32)16(15)28-20/h3-9H,1-2H3,(H2,22,32)(H,26,33)(H,27,28)(H,25,29,30). The van der Waals surface area contributed by atoms with Gasteiger partial charge >= 0.3 is 6.03 Å². The summed E-state index contributed by atoms with van der Waals surface area (Å²) in [6.07, 6.45) is 7.88. The number of hydrogen-bond acceptors (Lipinski definition) is 7. The van der Waals surface area contributed by atoms with E-state index in [1.807, 2.05) is 12.1 Å². The second-order valence-electron chi connectivity index (χ2n) is 7.51. The fourth-order valence-electron chi connectivity index (χ4n) is 3.37. The van der Waals surface area contributed by atoms with E-state index in [9.17, 15) is 9.59 Å². The van der Waals surface area contributed by atoms with Crippen molar-refractivity contribution in [2.75, 3.05) is 19.4 Å². The SMILES string of the molecule is CN(C)C(=O)Nc1cncc(-c2cnc3n[nH]c(-c4nc5c(C(N)=O)cncc5[nH]4)c3c2)c1. The van der Waals surface area contributed by atoms with Crippen LogP contribution in [0.15, 0.2) is 43.1 Å². The molecule has 0 radical (unpaired) electrons. The molecule has 0 aliphatic rings. The van der Waals surface area contributed by atoms with Crippen molar-refractivity contribution in [2.24, 2.45) is 5.73 Å². The molecule has 5 aromatic rings. The van der Waals surface area contributed by atoms with E-state index in [0.717, 1.165) is 11.1 Å². The summed E-state index contributed by atoms with van der Waals surface area (Å²) in [5, 5.41) is 10.7. The van der Waals surface area contributed by atoms with Gasteiger partial charge in [-0.05, 0) is 12.1 Å². The number of pyridine rings is 3. The van der Waals surface area contributed by atoms with Crippen LogP contribution in [-0.2, 0) is 0 Å². The Morgan fingerprint density at radius 2 is 1.82 bits per heavy atom. The van der Waals surface area contributed by atoms with Crippen LogP contribution in [0.5, 0.6) is 0 Å². The number of hydrogen-bond donors (Lipinski definition) is 4. The molecule has 0 fully saturated rings. The van der Waals surface area contributed by atoms with Gasteiger partial charge in [0.15, 0.2) is 11.5 Å². The Balaban J connectivity index is 1.57. The topological polar surface area (TPSA) is 171 Å². The molecular weight excluding hydrogens is 424 g/mol. The zero-order chi connectivity index (χ0) is 23.1. The van der Waals surface area contributed by atoms with Gasteiger partial charge in [0.25, 0.3) is 5.91 Å². The molecule has 5 N–H and O–H groups in total. The quantitative estimate of drug-likeness (QED) is 0.330. The Labute approximate surface area is 186 Å². The molecule has 0 saturated heterocycles. The third-order valence-corrected chi connectivity index (χ3v) is 5.04. The molecule has 5 rings (SSSR count). The van der Waals surface area contributed by atoms with Crippen molar-refractivity contribution in [1.82, 2.24) is 40.0 Å². The van der Waals surface area contributed by atoms with Crippen LogP contribution in [0.2, 0.25) is 0 Å². The molecule has 5 heterocycles. The average molecular weight is 442 g/mol. The summed E-state index contributed by atoms with van der Waals surface area (Å²) in [6, 6.07) is 3.45. The molecule has 12 nitrogen and oxygen atoms in total. The second-order valence-corrected chi connectivity index (χ2v) is 7.51. The number of aromatic amines is 2. The predicted molar refractivity (Wildman–Crippen MR) is 121 cm³/mol. The molecule has 33 heavy (non-hydrogen) atoms. The Bertz CT molecular complexity index is 1530. The maximum atomic E-state index is 12.0. The number of amides is 3. The molecular formula is C21H18N10O2. The monoisotopic (exact) mass is 442 g/mol. The highest BCUT2D eigenvalue weighted by atomic mass is 16.2. The zero-order valence-corrected chi connectivity index (χ0v) is 17.6. The molecule has 12 heteroatoms. The molecule has 164 valence electrons. The third-order valence-electron chi connectivity index (χ3n) is 5.04. The van der Waals surface area contributed by atoms with Crippen LogP contribution in [0, 0.1) is 0 Å². The summed E-state index contributed by atoms with van der Waals surface area (Å²) in [5.41, 5.74) is 9.84. The first kappa shape index (κ1) is 20.1. The molecule has 0 spiro atoms. The van der Waals surface area contributed by atoms with Gasteiger partial charge in [-0.15, -0.1) is 0 Å². The summed E-state index contributed by atoms with van der Waals surface area (Å²) >= 11 is 0. The van der Waals surface area contributed by atoms with E-state index >= 15 is 0 Å². The van der Waals surface area contributed by atoms with Crippen molar-refractivity contribution < 1.29 is 9.59 Å². The lowest BCUT2D eigenvalue weighted by Crippen LogP contribution is -2.27. The molecule has 0 aromatic carbocycles. The highest BCUT2D eigenvalue weighted by molar-refractivity contribution is 6.04. The van der Waals surface area contributed by atoms with Gasteiger partial charge < -0.3 is 20.9 Å². The van der Waals surface area contributed by atoms with Gasteiger partial charge in [0.05, 0.1) is 34.5 Å². The first-order chi connectivity index (χ1) is 15.9. The van der Waals surface area contributed by atoms with E-state index in [2.05, 4.69) is 40.4 Å². The Morgan fingerprint density at radius 3 is 2.61 bits per heavy atom. The van der Waals surface area contributed by atoms with Crippen LogP contribution in [0.25, 0.3) is 44.7 Å². The number of H-pyrrole nitrogens is 2. The lowest BCUT2D eigenvalue weighted by atomic mass is 10.1. The van der Waals surface area contributed by atoms with E-state index in [1.54, 1.807) is 38.9 Å². The number of nitrogens with one attached hydrogen (secondary N) is 3. The second kappa shape index (κ2) is 7.67. The van der Waals surface area contributed by atoms with Gasteiger partial charge in [-0.2, -0.15) is 5.10 Å². The van der Waals surface area contributed by atoms with Crippen molar-refractivity contribution in [2.45, 2.75) is 0 Å². The molecule has 0 atom stereocenters. The molecule has 3 amide bonds. The van der Waals surface area contributed by atoms with Crippen molar-refractivity contribution in [3.05, 3.63) is 48.7 Å². The van der Waals surface area contributed by atoms with Crippen molar-refractivity contribution in [3.63, 3.8) is 0 Å². The number of aromatic nitrogens is 7. The van der Waals surface area contributed by atoms with Crippen molar-refractivity contribution in [1.29, 1.82) is 0 Å². The molecule has 0 aliphatic carbocycles. The van der Waals surface area contributed by atoms with Gasteiger partial charge in [-0.25, -0.2) is 14.8 Å². The minimum absolute atomic E-state index is 0.222. The number of rotatable bonds is 4. The summed E-state index contributed by atoms with van der Waals surface area (Å²) in [6.45, 7) is 0. The number of nitrogens with zero attached hydrogens (tertiary/aromatic N) is 6. The first-order valence-corrected chi connectivity index (χ1v) is 9.82. The van der Waals surface area contributed by atoms with Gasteiger partial charge in [-0.1, -0.05) is 0 Å². The molecule has 0 saturated carbocycles. The van der Waals surface area contributed by atoms with Crippen LogP contribution in [-0.4, -0.2) is 66.1 Å². The van der Waals surface area contributed by atoms with Crippen LogP contribution in [0.3, 0.4) is 0 Å². The van der Waals surface area contributed by atoms with Gasteiger partial charge in [0.1, 0.15) is 11.2 Å². The third kappa shape index (κ3) is 3.59. The Morgan fingerprint density at radius 1 is 1.03 bits per heavy atom. The maximum absolute atomic E-state index is 12.0. The van der Waals surface area contributed by atoms with Gasteiger partial charge in [0.2, 0.25) is 0 Å². The molecule has 5 aromatic heterocycles. The maximum Gasteiger partial charge on any atom is 0.321 e. The van der Waals surface area contributed by atoms with E-state index in [4.69, 9.17) is 5.73 Å². The molecule has 0 bridgehead atoms. The van der Waals surface area contributed by atoms with Crippen LogP contribution < -0.4 is 11.1 Å². The highest BCUT2D eigenvalue weighted by Gasteiger charge is 2.17. The summed E-state index contributed by atoms with van der Waals surface area (Å²) in [5.74, 6) is -0.148. The van der Waals surface area contributed by atoms with E-state index in [-0.39, 0.29) is 11.6 Å². The predicted octanol–water partition coefficient (Wildman–Crippen LogP) is 2.15. The number of imidazole rings is 1. The van der Waals surface area contributed by atoms with E-state index in [1.165, 1.54) is 11.1 Å².